The first-order chi connectivity index (χ1) is 9.19. The molecule has 0 aliphatic carbocycles. The van der Waals surface area contributed by atoms with Crippen molar-refractivity contribution in [1.82, 2.24) is 0 Å². The van der Waals surface area contributed by atoms with Crippen LogP contribution in [-0.2, 0) is 0 Å². The largest absolute Gasteiger partial charge is 0.496 e. The third kappa shape index (κ3) is 2.13. The minimum atomic E-state index is -0.249. The van der Waals surface area contributed by atoms with Gasteiger partial charge in [-0.1, -0.05) is 18.2 Å². The van der Waals surface area contributed by atoms with Gasteiger partial charge in [-0.05, 0) is 24.6 Å². The molecule has 19 heavy (non-hydrogen) atoms. The second-order valence-electron chi connectivity index (χ2n) is 4.51. The fraction of sp³-hybridized carbons (Fsp3) is 0.200. The predicted molar refractivity (Wildman–Crippen MR) is 77.9 cm³/mol. The van der Waals surface area contributed by atoms with Gasteiger partial charge in [0.1, 0.15) is 17.1 Å². The zero-order chi connectivity index (χ0) is 13.4. The van der Waals surface area contributed by atoms with Crippen LogP contribution >= 0.6 is 11.3 Å². The normalized spacial score (nSPS) is 12.8. The van der Waals surface area contributed by atoms with E-state index in [1.54, 1.807) is 18.4 Å². The standard InChI is InChI=1S/C15H15NO2S/c1-9-4-3-5-10-6-12(18-15(9)10)14(16)13-7-11(17-2)8-19-13/h3-8,14H,16H2,1-2H3. The Morgan fingerprint density at radius 1 is 1.32 bits per heavy atom. The molecule has 1 unspecified atom stereocenters. The van der Waals surface area contributed by atoms with Crippen LogP contribution in [0.3, 0.4) is 0 Å². The van der Waals surface area contributed by atoms with Gasteiger partial charge in [0.25, 0.3) is 0 Å². The molecule has 0 aliphatic rings. The Morgan fingerprint density at radius 3 is 2.84 bits per heavy atom. The van der Waals surface area contributed by atoms with E-state index in [2.05, 4.69) is 0 Å². The van der Waals surface area contributed by atoms with Gasteiger partial charge in [0.15, 0.2) is 0 Å². The molecule has 3 nitrogen and oxygen atoms in total. The molecule has 0 saturated carbocycles. The quantitative estimate of drug-likeness (QED) is 0.788. The number of para-hydroxylation sites is 1. The molecule has 0 bridgehead atoms. The van der Waals surface area contributed by atoms with Crippen molar-refractivity contribution < 1.29 is 9.15 Å². The smallest absolute Gasteiger partial charge is 0.137 e. The molecule has 0 aliphatic heterocycles. The van der Waals surface area contributed by atoms with Crippen LogP contribution in [0.15, 0.2) is 40.1 Å². The second-order valence-corrected chi connectivity index (χ2v) is 5.45. The third-order valence-electron chi connectivity index (χ3n) is 3.20. The number of nitrogens with two attached hydrogens (primary N) is 1. The number of hydrogen-bond acceptors (Lipinski definition) is 4. The van der Waals surface area contributed by atoms with E-state index >= 15 is 0 Å². The highest BCUT2D eigenvalue weighted by molar-refractivity contribution is 7.10. The SMILES string of the molecule is COc1csc(C(N)c2cc3cccc(C)c3o2)c1. The molecule has 0 fully saturated rings. The molecule has 0 saturated heterocycles. The molecule has 0 radical (unpaired) electrons. The molecule has 98 valence electrons. The van der Waals surface area contributed by atoms with Gasteiger partial charge in [0.2, 0.25) is 0 Å². The zero-order valence-corrected chi connectivity index (χ0v) is 11.7. The summed E-state index contributed by atoms with van der Waals surface area (Å²) in [7, 11) is 1.65. The van der Waals surface area contributed by atoms with Gasteiger partial charge in [0.05, 0.1) is 13.2 Å². The minimum absolute atomic E-state index is 0.249. The summed E-state index contributed by atoms with van der Waals surface area (Å²) in [5, 5.41) is 3.04. The van der Waals surface area contributed by atoms with Crippen LogP contribution in [0.25, 0.3) is 11.0 Å². The molecular formula is C15H15NO2S. The van der Waals surface area contributed by atoms with Gasteiger partial charge < -0.3 is 14.9 Å². The highest BCUT2D eigenvalue weighted by Gasteiger charge is 2.17. The first-order valence-electron chi connectivity index (χ1n) is 6.06. The van der Waals surface area contributed by atoms with E-state index in [0.29, 0.717) is 0 Å². The number of ether oxygens (including phenoxy) is 1. The monoisotopic (exact) mass is 273 g/mol. The summed E-state index contributed by atoms with van der Waals surface area (Å²) in [5.74, 6) is 1.62. The molecule has 0 spiro atoms. The molecule has 1 atom stereocenters. The number of rotatable bonds is 3. The summed E-state index contributed by atoms with van der Waals surface area (Å²) in [6.45, 7) is 2.04. The van der Waals surface area contributed by atoms with Crippen molar-refractivity contribution in [2.24, 2.45) is 5.73 Å². The lowest BCUT2D eigenvalue weighted by Gasteiger charge is -2.04. The molecular weight excluding hydrogens is 258 g/mol. The van der Waals surface area contributed by atoms with Gasteiger partial charge >= 0.3 is 0 Å². The van der Waals surface area contributed by atoms with Crippen molar-refractivity contribution in [3.05, 3.63) is 51.9 Å². The van der Waals surface area contributed by atoms with Crippen molar-refractivity contribution in [2.45, 2.75) is 13.0 Å². The van der Waals surface area contributed by atoms with E-state index < -0.39 is 0 Å². The summed E-state index contributed by atoms with van der Waals surface area (Å²) < 4.78 is 11.1. The van der Waals surface area contributed by atoms with Crippen molar-refractivity contribution in [3.8, 4) is 5.75 Å². The molecule has 3 aromatic rings. The van der Waals surface area contributed by atoms with E-state index in [1.807, 2.05) is 42.6 Å². The minimum Gasteiger partial charge on any atom is -0.496 e. The fourth-order valence-corrected chi connectivity index (χ4v) is 2.99. The summed E-state index contributed by atoms with van der Waals surface area (Å²) in [5.41, 5.74) is 8.30. The average Bonchev–Trinajstić information content (AvgIpc) is 3.05. The van der Waals surface area contributed by atoms with Crippen LogP contribution < -0.4 is 10.5 Å². The van der Waals surface area contributed by atoms with Gasteiger partial charge in [0, 0.05) is 15.6 Å². The summed E-state index contributed by atoms with van der Waals surface area (Å²) in [6, 6.07) is 9.82. The summed E-state index contributed by atoms with van der Waals surface area (Å²) >= 11 is 1.58. The molecule has 4 heteroatoms. The lowest BCUT2D eigenvalue weighted by Crippen LogP contribution is -2.08. The van der Waals surface area contributed by atoms with Crippen molar-refractivity contribution in [3.63, 3.8) is 0 Å². The summed E-state index contributed by atoms with van der Waals surface area (Å²) in [6.07, 6.45) is 0. The van der Waals surface area contributed by atoms with Crippen LogP contribution in [0.2, 0.25) is 0 Å². The van der Waals surface area contributed by atoms with Crippen LogP contribution in [0.4, 0.5) is 0 Å². The van der Waals surface area contributed by atoms with E-state index in [-0.39, 0.29) is 6.04 Å². The maximum atomic E-state index is 6.26. The average molecular weight is 273 g/mol. The van der Waals surface area contributed by atoms with Gasteiger partial charge in [-0.25, -0.2) is 0 Å². The Labute approximate surface area is 115 Å². The van der Waals surface area contributed by atoms with E-state index in [4.69, 9.17) is 14.9 Å². The van der Waals surface area contributed by atoms with E-state index in [0.717, 1.165) is 32.9 Å². The Kier molecular flexibility index (Phi) is 3.05. The maximum Gasteiger partial charge on any atom is 0.137 e. The second kappa shape index (κ2) is 4.72. The first-order valence-corrected chi connectivity index (χ1v) is 6.94. The number of benzene rings is 1. The Morgan fingerprint density at radius 2 is 2.16 bits per heavy atom. The Bertz CT molecular complexity index is 714. The van der Waals surface area contributed by atoms with Crippen molar-refractivity contribution in [1.29, 1.82) is 0 Å². The highest BCUT2D eigenvalue weighted by atomic mass is 32.1. The van der Waals surface area contributed by atoms with Crippen LogP contribution in [0.1, 0.15) is 22.2 Å². The lowest BCUT2D eigenvalue weighted by molar-refractivity contribution is 0.416. The molecule has 1 aromatic carbocycles. The highest BCUT2D eigenvalue weighted by Crippen LogP contribution is 2.33. The third-order valence-corrected chi connectivity index (χ3v) is 4.20. The predicted octanol–water partition coefficient (Wildman–Crippen LogP) is 3.86. The number of methoxy groups -OCH3 is 1. The number of furan rings is 1. The first kappa shape index (κ1) is 12.3. The van der Waals surface area contributed by atoms with Gasteiger partial charge in [-0.15, -0.1) is 11.3 Å². The molecule has 2 N–H and O–H groups in total. The van der Waals surface area contributed by atoms with Gasteiger partial charge in [-0.2, -0.15) is 0 Å². The number of aryl methyl sites for hydroxylation is 1. The lowest BCUT2D eigenvalue weighted by atomic mass is 10.1. The molecule has 3 rings (SSSR count). The number of thiophene rings is 1. The Balaban J connectivity index is 2.01. The van der Waals surface area contributed by atoms with Gasteiger partial charge in [-0.3, -0.25) is 0 Å². The number of fused-ring (bicyclic) bond motifs is 1. The van der Waals surface area contributed by atoms with E-state index in [1.165, 1.54) is 0 Å². The molecule has 0 amide bonds. The summed E-state index contributed by atoms with van der Waals surface area (Å²) in [4.78, 5) is 1.04. The van der Waals surface area contributed by atoms with Crippen LogP contribution in [-0.4, -0.2) is 7.11 Å². The van der Waals surface area contributed by atoms with Crippen molar-refractivity contribution >= 4 is 22.3 Å². The number of hydrogen-bond donors (Lipinski definition) is 1. The van der Waals surface area contributed by atoms with Crippen molar-refractivity contribution in [2.75, 3.05) is 7.11 Å². The van der Waals surface area contributed by atoms with Crippen LogP contribution in [0, 0.1) is 6.92 Å². The zero-order valence-electron chi connectivity index (χ0n) is 10.8. The Hall–Kier alpha value is -1.78. The maximum absolute atomic E-state index is 6.26. The fourth-order valence-electron chi connectivity index (χ4n) is 2.13. The molecule has 2 aromatic heterocycles. The topological polar surface area (TPSA) is 48.4 Å². The molecule has 2 heterocycles. The van der Waals surface area contributed by atoms with E-state index in [9.17, 15) is 0 Å². The van der Waals surface area contributed by atoms with Crippen LogP contribution in [0.5, 0.6) is 5.75 Å².